The van der Waals surface area contributed by atoms with E-state index in [4.69, 9.17) is 5.73 Å². The third kappa shape index (κ3) is 4.54. The summed E-state index contributed by atoms with van der Waals surface area (Å²) in [7, 11) is 0. The second kappa shape index (κ2) is 7.61. The molecule has 0 aliphatic carbocycles. The lowest BCUT2D eigenvalue weighted by Gasteiger charge is -2.20. The molecule has 0 saturated heterocycles. The van der Waals surface area contributed by atoms with Crippen LogP contribution >= 0.6 is 0 Å². The number of nitrogens with one attached hydrogen (secondary N) is 1. The normalized spacial score (nSPS) is 14.2. The van der Waals surface area contributed by atoms with Gasteiger partial charge in [0.25, 0.3) is 5.69 Å². The largest absolute Gasteiger partial charge is 0.418 e. The molecule has 1 rings (SSSR count). The van der Waals surface area contributed by atoms with E-state index in [0.29, 0.717) is 0 Å². The number of aliphatic hydroxyl groups excluding tert-OH is 1. The zero-order valence-electron chi connectivity index (χ0n) is 13.3. The Balaban J connectivity index is 3.76. The monoisotopic (exact) mass is 366 g/mol. The molecule has 1 aromatic rings. The topological polar surface area (TPSA) is 145 Å². The van der Waals surface area contributed by atoms with Crippen molar-refractivity contribution in [2.24, 2.45) is 0 Å². The molecule has 4 N–H and O–H groups in total. The highest BCUT2D eigenvalue weighted by Crippen LogP contribution is 2.46. The summed E-state index contributed by atoms with van der Waals surface area (Å²) < 4.78 is 39.1. The van der Waals surface area contributed by atoms with E-state index in [1.807, 2.05) is 0 Å². The molecule has 0 heterocycles. The third-order valence-electron chi connectivity index (χ3n) is 3.46. The Kier molecular flexibility index (Phi) is 6.26. The first-order valence-electron chi connectivity index (χ1n) is 7.15. The number of rotatable bonds is 7. The predicted octanol–water partition coefficient (Wildman–Crippen LogP) is 2.53. The number of halogens is 3. The van der Waals surface area contributed by atoms with E-state index in [0.717, 1.165) is 0 Å². The van der Waals surface area contributed by atoms with E-state index in [9.17, 15) is 38.5 Å². The Bertz CT molecular complexity index is 679. The van der Waals surface area contributed by atoms with E-state index < -0.39 is 56.4 Å². The summed E-state index contributed by atoms with van der Waals surface area (Å²) in [4.78, 5) is 20.3. The van der Waals surface area contributed by atoms with E-state index in [1.54, 1.807) is 0 Å². The molecule has 0 radical (unpaired) electrons. The highest BCUT2D eigenvalue weighted by molar-refractivity contribution is 5.74. The molecule has 2 unspecified atom stereocenters. The van der Waals surface area contributed by atoms with Crippen LogP contribution in [0.4, 0.5) is 30.2 Å². The molecule has 140 valence electrons. The van der Waals surface area contributed by atoms with Gasteiger partial charge in [0.05, 0.1) is 21.5 Å². The summed E-state index contributed by atoms with van der Waals surface area (Å²) in [6.07, 6.45) is -5.88. The van der Waals surface area contributed by atoms with Gasteiger partial charge in [-0.05, 0) is 13.3 Å². The van der Waals surface area contributed by atoms with Crippen molar-refractivity contribution in [2.75, 3.05) is 12.3 Å². The van der Waals surface area contributed by atoms with Crippen molar-refractivity contribution in [3.8, 4) is 0 Å². The molecule has 0 aliphatic rings. The molecule has 0 aromatic heterocycles. The Morgan fingerprint density at radius 1 is 1.32 bits per heavy atom. The zero-order valence-corrected chi connectivity index (χ0v) is 13.3. The lowest BCUT2D eigenvalue weighted by Crippen LogP contribution is -2.30. The van der Waals surface area contributed by atoms with Crippen molar-refractivity contribution in [3.63, 3.8) is 0 Å². The standard InChI is InChI=1S/C13H17F3N4O5/c1-3-8(18-5-6(2)21)10-9(19(22)23)4-7(13(14,15)16)11(17)12(10)20(24)25/h4,6,8,18,21H,3,5,17H2,1-2H3. The molecule has 0 spiro atoms. The maximum absolute atomic E-state index is 13.0. The van der Waals surface area contributed by atoms with Crippen LogP contribution in [0.3, 0.4) is 0 Å². The summed E-state index contributed by atoms with van der Waals surface area (Å²) in [5.74, 6) is 0. The van der Waals surface area contributed by atoms with Crippen LogP contribution in [0, 0.1) is 20.2 Å². The van der Waals surface area contributed by atoms with Crippen LogP contribution in [0.15, 0.2) is 6.07 Å². The molecule has 2 atom stereocenters. The molecule has 0 amide bonds. The second-order valence-corrected chi connectivity index (χ2v) is 5.35. The van der Waals surface area contributed by atoms with Gasteiger partial charge in [0.15, 0.2) is 0 Å². The minimum absolute atomic E-state index is 0.0757. The molecular formula is C13H17F3N4O5. The quantitative estimate of drug-likeness (QED) is 0.382. The lowest BCUT2D eigenvalue weighted by atomic mass is 9.95. The smallest absolute Gasteiger partial charge is 0.393 e. The summed E-state index contributed by atoms with van der Waals surface area (Å²) in [5.41, 5.74) is -0.267. The zero-order chi connectivity index (χ0) is 19.5. The van der Waals surface area contributed by atoms with Gasteiger partial charge in [0.2, 0.25) is 0 Å². The molecule has 0 fully saturated rings. The number of nitro groups is 2. The van der Waals surface area contributed by atoms with Crippen molar-refractivity contribution in [1.82, 2.24) is 5.32 Å². The van der Waals surface area contributed by atoms with E-state index >= 15 is 0 Å². The Hall–Kier alpha value is -2.47. The maximum atomic E-state index is 13.0. The van der Waals surface area contributed by atoms with Gasteiger partial charge in [0.1, 0.15) is 11.3 Å². The number of alkyl halides is 3. The van der Waals surface area contributed by atoms with Crippen molar-refractivity contribution < 1.29 is 28.1 Å². The van der Waals surface area contributed by atoms with Gasteiger partial charge in [0, 0.05) is 18.7 Å². The molecule has 12 heteroatoms. The first kappa shape index (κ1) is 20.6. The highest BCUT2D eigenvalue weighted by Gasteiger charge is 2.43. The molecule has 0 bridgehead atoms. The molecule has 0 aliphatic heterocycles. The lowest BCUT2D eigenvalue weighted by molar-refractivity contribution is -0.395. The van der Waals surface area contributed by atoms with Crippen LogP contribution in [-0.2, 0) is 6.18 Å². The molecular weight excluding hydrogens is 349 g/mol. The number of hydrogen-bond acceptors (Lipinski definition) is 7. The van der Waals surface area contributed by atoms with Crippen molar-refractivity contribution in [2.45, 2.75) is 38.6 Å². The summed E-state index contributed by atoms with van der Waals surface area (Å²) in [5, 5.41) is 34.5. The number of nitro benzene ring substituents is 2. The number of benzene rings is 1. The van der Waals surface area contributed by atoms with E-state index in [-0.39, 0.29) is 19.0 Å². The van der Waals surface area contributed by atoms with Gasteiger partial charge < -0.3 is 16.2 Å². The van der Waals surface area contributed by atoms with Crippen LogP contribution in [0.2, 0.25) is 0 Å². The first-order chi connectivity index (χ1) is 11.4. The van der Waals surface area contributed by atoms with Gasteiger partial charge >= 0.3 is 11.9 Å². The predicted molar refractivity (Wildman–Crippen MR) is 81.9 cm³/mol. The van der Waals surface area contributed by atoms with E-state index in [1.165, 1.54) is 13.8 Å². The highest BCUT2D eigenvalue weighted by atomic mass is 19.4. The minimum Gasteiger partial charge on any atom is -0.393 e. The maximum Gasteiger partial charge on any atom is 0.418 e. The average Bonchev–Trinajstić information content (AvgIpc) is 2.45. The second-order valence-electron chi connectivity index (χ2n) is 5.35. The number of nitrogens with zero attached hydrogens (tertiary/aromatic N) is 2. The Morgan fingerprint density at radius 2 is 1.88 bits per heavy atom. The minimum atomic E-state index is -5.09. The third-order valence-corrected chi connectivity index (χ3v) is 3.46. The van der Waals surface area contributed by atoms with Gasteiger partial charge in [-0.2, -0.15) is 13.2 Å². The first-order valence-corrected chi connectivity index (χ1v) is 7.15. The van der Waals surface area contributed by atoms with Gasteiger partial charge in [-0.15, -0.1) is 0 Å². The van der Waals surface area contributed by atoms with Gasteiger partial charge in [-0.3, -0.25) is 20.2 Å². The number of aliphatic hydroxyl groups is 1. The molecule has 1 aromatic carbocycles. The summed E-state index contributed by atoms with van der Waals surface area (Å²) in [6, 6.07) is -0.843. The number of anilines is 1. The van der Waals surface area contributed by atoms with Gasteiger partial charge in [-0.1, -0.05) is 6.92 Å². The molecule has 25 heavy (non-hydrogen) atoms. The van der Waals surface area contributed by atoms with Crippen molar-refractivity contribution in [3.05, 3.63) is 37.4 Å². The van der Waals surface area contributed by atoms with E-state index in [2.05, 4.69) is 5.32 Å². The molecule has 9 nitrogen and oxygen atoms in total. The fourth-order valence-electron chi connectivity index (χ4n) is 2.38. The van der Waals surface area contributed by atoms with Crippen LogP contribution < -0.4 is 11.1 Å². The fourth-order valence-corrected chi connectivity index (χ4v) is 2.38. The van der Waals surface area contributed by atoms with Crippen LogP contribution in [-0.4, -0.2) is 27.6 Å². The van der Waals surface area contributed by atoms with Crippen LogP contribution in [0.5, 0.6) is 0 Å². The SMILES string of the molecule is CCC(NCC(C)O)c1c([N+](=O)[O-])cc(C(F)(F)F)c(N)c1[N+](=O)[O-]. The van der Waals surface area contributed by atoms with Crippen molar-refractivity contribution in [1.29, 1.82) is 0 Å². The van der Waals surface area contributed by atoms with Crippen molar-refractivity contribution >= 4 is 17.1 Å². The summed E-state index contributed by atoms with van der Waals surface area (Å²) >= 11 is 0. The molecule has 0 saturated carbocycles. The number of nitrogen functional groups attached to an aromatic ring is 1. The summed E-state index contributed by atoms with van der Waals surface area (Å²) in [6.45, 7) is 2.86. The Morgan fingerprint density at radius 3 is 2.24 bits per heavy atom. The fraction of sp³-hybridized carbons (Fsp3) is 0.538. The number of hydrogen-bond donors (Lipinski definition) is 3. The van der Waals surface area contributed by atoms with Crippen LogP contribution in [0.25, 0.3) is 0 Å². The number of nitrogens with two attached hydrogens (primary N) is 1. The average molecular weight is 366 g/mol. The van der Waals surface area contributed by atoms with Gasteiger partial charge in [-0.25, -0.2) is 0 Å². The Labute approximate surface area is 139 Å². The van der Waals surface area contributed by atoms with Crippen LogP contribution in [0.1, 0.15) is 37.4 Å².